The van der Waals surface area contributed by atoms with Gasteiger partial charge in [-0.3, -0.25) is 9.59 Å². The fourth-order valence-corrected chi connectivity index (χ4v) is 3.91. The van der Waals surface area contributed by atoms with Crippen LogP contribution in [0.3, 0.4) is 0 Å². The molecule has 0 saturated carbocycles. The SMILES string of the molecule is CCCNC(=O)C[NH+]1CCN(C(=O)CSc2ccc(C)cc2C)CC1. The van der Waals surface area contributed by atoms with Crippen LogP contribution < -0.4 is 10.2 Å². The summed E-state index contributed by atoms with van der Waals surface area (Å²) in [7, 11) is 0. The number of rotatable bonds is 7. The van der Waals surface area contributed by atoms with E-state index in [0.29, 0.717) is 12.3 Å². The number of piperazine rings is 1. The minimum absolute atomic E-state index is 0.113. The molecule has 5 nitrogen and oxygen atoms in total. The van der Waals surface area contributed by atoms with Gasteiger partial charge in [-0.1, -0.05) is 24.6 Å². The van der Waals surface area contributed by atoms with E-state index in [1.165, 1.54) is 20.9 Å². The van der Waals surface area contributed by atoms with Crippen LogP contribution in [0.5, 0.6) is 0 Å². The van der Waals surface area contributed by atoms with Crippen LogP contribution in [0.2, 0.25) is 0 Å². The molecule has 6 heteroatoms. The van der Waals surface area contributed by atoms with Crippen LogP contribution >= 0.6 is 11.8 Å². The summed E-state index contributed by atoms with van der Waals surface area (Å²) in [6, 6.07) is 6.34. The number of hydrogen-bond acceptors (Lipinski definition) is 3. The second-order valence-corrected chi connectivity index (χ2v) is 7.73. The Hall–Kier alpha value is -1.53. The van der Waals surface area contributed by atoms with Crippen molar-refractivity contribution in [2.75, 3.05) is 45.0 Å². The van der Waals surface area contributed by atoms with Crippen molar-refractivity contribution in [2.24, 2.45) is 0 Å². The Balaban J connectivity index is 1.73. The van der Waals surface area contributed by atoms with E-state index in [4.69, 9.17) is 0 Å². The van der Waals surface area contributed by atoms with E-state index >= 15 is 0 Å². The van der Waals surface area contributed by atoms with Crippen molar-refractivity contribution in [2.45, 2.75) is 32.1 Å². The molecular formula is C19H30N3O2S+. The zero-order valence-electron chi connectivity index (χ0n) is 15.6. The van der Waals surface area contributed by atoms with E-state index < -0.39 is 0 Å². The van der Waals surface area contributed by atoms with Gasteiger partial charge in [0.1, 0.15) is 0 Å². The average Bonchev–Trinajstić information content (AvgIpc) is 2.59. The molecular weight excluding hydrogens is 334 g/mol. The summed E-state index contributed by atoms with van der Waals surface area (Å²) >= 11 is 1.62. The van der Waals surface area contributed by atoms with Gasteiger partial charge in [-0.2, -0.15) is 0 Å². The third kappa shape index (κ3) is 6.36. The normalized spacial score (nSPS) is 15.2. The van der Waals surface area contributed by atoms with Crippen molar-refractivity contribution in [1.82, 2.24) is 10.2 Å². The van der Waals surface area contributed by atoms with Crippen molar-refractivity contribution in [3.63, 3.8) is 0 Å². The molecule has 1 aromatic carbocycles. The lowest BCUT2D eigenvalue weighted by molar-refractivity contribution is -0.896. The monoisotopic (exact) mass is 364 g/mol. The number of nitrogens with zero attached hydrogens (tertiary/aromatic N) is 1. The zero-order valence-corrected chi connectivity index (χ0v) is 16.4. The maximum atomic E-state index is 12.4. The van der Waals surface area contributed by atoms with Gasteiger partial charge in [0.15, 0.2) is 6.54 Å². The summed E-state index contributed by atoms with van der Waals surface area (Å²) in [5.74, 6) is 0.789. The molecule has 2 amide bonds. The summed E-state index contributed by atoms with van der Waals surface area (Å²) in [5, 5.41) is 2.92. The Bertz CT molecular complexity index is 598. The van der Waals surface area contributed by atoms with Gasteiger partial charge < -0.3 is 15.1 Å². The first-order chi connectivity index (χ1) is 12.0. The lowest BCUT2D eigenvalue weighted by atomic mass is 10.2. The van der Waals surface area contributed by atoms with E-state index in [0.717, 1.165) is 39.1 Å². The summed E-state index contributed by atoms with van der Waals surface area (Å²) < 4.78 is 0. The first kappa shape index (κ1) is 19.8. The first-order valence-electron chi connectivity index (χ1n) is 9.07. The summed E-state index contributed by atoms with van der Waals surface area (Å²) in [6.45, 7) is 10.6. The topological polar surface area (TPSA) is 53.9 Å². The van der Waals surface area contributed by atoms with Crippen molar-refractivity contribution in [1.29, 1.82) is 0 Å². The minimum atomic E-state index is 0.113. The highest BCUT2D eigenvalue weighted by Crippen LogP contribution is 2.23. The number of benzene rings is 1. The molecule has 1 aliphatic heterocycles. The Morgan fingerprint density at radius 1 is 1.24 bits per heavy atom. The van der Waals surface area contributed by atoms with Gasteiger partial charge in [-0.15, -0.1) is 11.8 Å². The molecule has 1 aromatic rings. The number of nitrogens with one attached hydrogen (secondary N) is 2. The predicted molar refractivity (Wildman–Crippen MR) is 102 cm³/mol. The maximum absolute atomic E-state index is 12.4. The lowest BCUT2D eigenvalue weighted by Gasteiger charge is -2.31. The third-order valence-corrected chi connectivity index (χ3v) is 5.65. The van der Waals surface area contributed by atoms with Crippen LogP contribution in [0, 0.1) is 13.8 Å². The fourth-order valence-electron chi connectivity index (χ4n) is 3.00. The van der Waals surface area contributed by atoms with E-state index in [-0.39, 0.29) is 11.8 Å². The standard InChI is InChI=1S/C19H29N3O2S/c1-4-7-20-18(23)13-21-8-10-22(11-9-21)19(24)14-25-17-6-5-15(2)12-16(17)3/h5-6,12H,4,7-11,13-14H2,1-3H3,(H,20,23)/p+1. The first-order valence-corrected chi connectivity index (χ1v) is 10.1. The molecule has 1 heterocycles. The average molecular weight is 365 g/mol. The summed E-state index contributed by atoms with van der Waals surface area (Å²) in [6.07, 6.45) is 0.960. The number of hydrogen-bond donors (Lipinski definition) is 2. The molecule has 1 saturated heterocycles. The molecule has 1 aliphatic rings. The van der Waals surface area contributed by atoms with Gasteiger partial charge in [0.05, 0.1) is 31.9 Å². The van der Waals surface area contributed by atoms with Crippen LogP contribution in [0.25, 0.3) is 0 Å². The quantitative estimate of drug-likeness (QED) is 0.699. The number of amides is 2. The molecule has 25 heavy (non-hydrogen) atoms. The van der Waals surface area contributed by atoms with Gasteiger partial charge in [0, 0.05) is 11.4 Å². The zero-order chi connectivity index (χ0) is 18.2. The third-order valence-electron chi connectivity index (χ3n) is 4.49. The van der Waals surface area contributed by atoms with Crippen LogP contribution in [0.15, 0.2) is 23.1 Å². The molecule has 0 unspecified atom stereocenters. The molecule has 1 fully saturated rings. The molecule has 0 atom stereocenters. The van der Waals surface area contributed by atoms with Gasteiger partial charge in [-0.25, -0.2) is 0 Å². The fraction of sp³-hybridized carbons (Fsp3) is 0.579. The molecule has 138 valence electrons. The number of quaternary nitrogens is 1. The van der Waals surface area contributed by atoms with Crippen LogP contribution in [0.4, 0.5) is 0 Å². The Morgan fingerprint density at radius 3 is 2.60 bits per heavy atom. The lowest BCUT2D eigenvalue weighted by Crippen LogP contribution is -3.15. The molecule has 0 spiro atoms. The minimum Gasteiger partial charge on any atom is -0.351 e. The smallest absolute Gasteiger partial charge is 0.275 e. The van der Waals surface area contributed by atoms with Gasteiger partial charge in [-0.05, 0) is 31.9 Å². The van der Waals surface area contributed by atoms with Crippen molar-refractivity contribution in [3.05, 3.63) is 29.3 Å². The number of carbonyl (C=O) groups is 2. The predicted octanol–water partition coefficient (Wildman–Crippen LogP) is 0.649. The number of carbonyl (C=O) groups excluding carboxylic acids is 2. The second kappa shape index (κ2) is 9.82. The molecule has 0 bridgehead atoms. The van der Waals surface area contributed by atoms with Crippen LogP contribution in [0.1, 0.15) is 24.5 Å². The Labute approximate surface area is 155 Å². The highest BCUT2D eigenvalue weighted by molar-refractivity contribution is 8.00. The maximum Gasteiger partial charge on any atom is 0.275 e. The highest BCUT2D eigenvalue weighted by atomic mass is 32.2. The largest absolute Gasteiger partial charge is 0.351 e. The van der Waals surface area contributed by atoms with Crippen molar-refractivity contribution >= 4 is 23.6 Å². The molecule has 2 rings (SSSR count). The van der Waals surface area contributed by atoms with Crippen molar-refractivity contribution in [3.8, 4) is 0 Å². The van der Waals surface area contributed by atoms with Crippen molar-refractivity contribution < 1.29 is 14.5 Å². The van der Waals surface area contributed by atoms with E-state index in [1.807, 2.05) is 11.8 Å². The summed E-state index contributed by atoms with van der Waals surface area (Å²) in [4.78, 5) is 28.6. The highest BCUT2D eigenvalue weighted by Gasteiger charge is 2.25. The van der Waals surface area contributed by atoms with Crippen LogP contribution in [-0.2, 0) is 9.59 Å². The molecule has 2 N–H and O–H groups in total. The van der Waals surface area contributed by atoms with E-state index in [1.54, 1.807) is 11.8 Å². The van der Waals surface area contributed by atoms with E-state index in [2.05, 4.69) is 37.4 Å². The number of aryl methyl sites for hydroxylation is 2. The van der Waals surface area contributed by atoms with Gasteiger partial charge in [0.2, 0.25) is 5.91 Å². The van der Waals surface area contributed by atoms with Crippen LogP contribution in [-0.4, -0.2) is 61.7 Å². The van der Waals surface area contributed by atoms with Gasteiger partial charge >= 0.3 is 0 Å². The Morgan fingerprint density at radius 2 is 1.96 bits per heavy atom. The molecule has 0 radical (unpaired) electrons. The molecule has 0 aromatic heterocycles. The second-order valence-electron chi connectivity index (χ2n) is 6.72. The molecule has 0 aliphatic carbocycles. The van der Waals surface area contributed by atoms with E-state index in [9.17, 15) is 9.59 Å². The Kier molecular flexibility index (Phi) is 7.78. The number of thioether (sulfide) groups is 1. The summed E-state index contributed by atoms with van der Waals surface area (Å²) in [5.41, 5.74) is 2.47. The van der Waals surface area contributed by atoms with Gasteiger partial charge in [0.25, 0.3) is 5.91 Å².